The third-order valence-corrected chi connectivity index (χ3v) is 16.2. The molecule has 0 bridgehead atoms. The zero-order chi connectivity index (χ0) is 52.9. The number of nitrogens with one attached hydrogen (secondary N) is 1. The van der Waals surface area contributed by atoms with Gasteiger partial charge in [-0.05, 0) is 25.7 Å². The van der Waals surface area contributed by atoms with E-state index in [1.165, 1.54) is 321 Å². The van der Waals surface area contributed by atoms with Crippen molar-refractivity contribution >= 4 is 11.9 Å². The van der Waals surface area contributed by atoms with Crippen molar-refractivity contribution in [3.8, 4) is 0 Å². The smallest absolute Gasteiger partial charge is 0.305 e. The molecular weight excluding hydrogens is 899 g/mol. The van der Waals surface area contributed by atoms with Crippen molar-refractivity contribution in [1.29, 1.82) is 0 Å². The van der Waals surface area contributed by atoms with Crippen molar-refractivity contribution in [3.05, 3.63) is 0 Å². The number of aliphatic hydroxyl groups excluding tert-OH is 2. The molecule has 0 rings (SSSR count). The van der Waals surface area contributed by atoms with Crippen molar-refractivity contribution in [2.24, 2.45) is 0 Å². The second-order valence-electron chi connectivity index (χ2n) is 23.5. The van der Waals surface area contributed by atoms with E-state index >= 15 is 0 Å². The van der Waals surface area contributed by atoms with Crippen LogP contribution in [-0.4, -0.2) is 47.4 Å². The Morgan fingerprint density at radius 2 is 0.562 bits per heavy atom. The van der Waals surface area contributed by atoms with Gasteiger partial charge in [0.1, 0.15) is 0 Å². The molecule has 0 aromatic rings. The molecule has 436 valence electrons. The van der Waals surface area contributed by atoms with Crippen LogP contribution in [0.15, 0.2) is 0 Å². The van der Waals surface area contributed by atoms with Gasteiger partial charge in [0.05, 0.1) is 25.4 Å². The van der Waals surface area contributed by atoms with E-state index in [-0.39, 0.29) is 18.5 Å². The monoisotopic (exact) mass is 1030 g/mol. The second-order valence-corrected chi connectivity index (χ2v) is 23.5. The third-order valence-electron chi connectivity index (χ3n) is 16.2. The molecule has 0 aliphatic heterocycles. The van der Waals surface area contributed by atoms with Gasteiger partial charge in [-0.3, -0.25) is 9.59 Å². The summed E-state index contributed by atoms with van der Waals surface area (Å²) in [5.74, 6) is -0.0207. The lowest BCUT2D eigenvalue weighted by Crippen LogP contribution is -2.45. The van der Waals surface area contributed by atoms with Crippen LogP contribution < -0.4 is 5.32 Å². The summed E-state index contributed by atoms with van der Waals surface area (Å²) < 4.78 is 5.50. The predicted octanol–water partition coefficient (Wildman–Crippen LogP) is 21.4. The summed E-state index contributed by atoms with van der Waals surface area (Å²) in [4.78, 5) is 24.6. The second kappa shape index (κ2) is 63.4. The molecule has 0 aliphatic rings. The highest BCUT2D eigenvalue weighted by molar-refractivity contribution is 5.76. The normalized spacial score (nSPS) is 12.4. The quantitative estimate of drug-likeness (QED) is 0.0417. The Bertz CT molecular complexity index is 1050. The Morgan fingerprint density at radius 1 is 0.329 bits per heavy atom. The van der Waals surface area contributed by atoms with Crippen LogP contribution in [-0.2, 0) is 14.3 Å². The minimum Gasteiger partial charge on any atom is -0.466 e. The molecule has 0 saturated carbocycles. The van der Waals surface area contributed by atoms with E-state index in [4.69, 9.17) is 4.74 Å². The van der Waals surface area contributed by atoms with Crippen molar-refractivity contribution in [3.63, 3.8) is 0 Å². The lowest BCUT2D eigenvalue weighted by molar-refractivity contribution is -0.143. The molecule has 0 aliphatic carbocycles. The number of unbranched alkanes of at least 4 members (excludes halogenated alkanes) is 53. The van der Waals surface area contributed by atoms with E-state index in [0.29, 0.717) is 25.9 Å². The van der Waals surface area contributed by atoms with Crippen LogP contribution in [0.5, 0.6) is 0 Å². The van der Waals surface area contributed by atoms with Gasteiger partial charge in [0.25, 0.3) is 0 Å². The molecule has 1 amide bonds. The number of aliphatic hydroxyl groups is 2. The number of esters is 1. The molecule has 6 nitrogen and oxygen atoms in total. The number of ether oxygens (including phenoxy) is 1. The number of hydrogen-bond acceptors (Lipinski definition) is 5. The van der Waals surface area contributed by atoms with Crippen LogP contribution in [0.3, 0.4) is 0 Å². The van der Waals surface area contributed by atoms with Gasteiger partial charge in [-0.2, -0.15) is 0 Å². The highest BCUT2D eigenvalue weighted by atomic mass is 16.5. The van der Waals surface area contributed by atoms with Crippen LogP contribution in [0.4, 0.5) is 0 Å². The van der Waals surface area contributed by atoms with Crippen LogP contribution >= 0.6 is 0 Å². The Labute approximate surface area is 457 Å². The van der Waals surface area contributed by atoms with Crippen LogP contribution in [0.1, 0.15) is 393 Å². The van der Waals surface area contributed by atoms with Gasteiger partial charge in [-0.15, -0.1) is 0 Å². The molecule has 2 unspecified atom stereocenters. The molecular formula is C67H133NO5. The lowest BCUT2D eigenvalue weighted by atomic mass is 10.0. The maximum absolute atomic E-state index is 12.5. The zero-order valence-electron chi connectivity index (χ0n) is 49.9. The first-order valence-electron chi connectivity index (χ1n) is 33.8. The number of amides is 1. The summed E-state index contributed by atoms with van der Waals surface area (Å²) in [6.07, 6.45) is 75.5. The largest absolute Gasteiger partial charge is 0.466 e. The van der Waals surface area contributed by atoms with Crippen molar-refractivity contribution < 1.29 is 24.5 Å². The van der Waals surface area contributed by atoms with Gasteiger partial charge in [-0.1, -0.05) is 354 Å². The Kier molecular flexibility index (Phi) is 62.4. The standard InChI is InChI=1S/C67H133NO5/c1-3-5-7-9-11-13-15-17-19-21-22-23-24-28-31-35-39-43-47-51-55-59-65(70)64(63-69)68-66(71)60-56-52-48-44-40-36-32-29-25-26-30-34-38-42-46-50-54-58-62-73-67(72)61-57-53-49-45-41-37-33-27-20-18-16-14-12-10-8-6-4-2/h64-65,69-70H,3-63H2,1-2H3,(H,68,71). The Morgan fingerprint density at radius 3 is 0.836 bits per heavy atom. The first kappa shape index (κ1) is 71.9. The fraction of sp³-hybridized carbons (Fsp3) is 0.970. The van der Waals surface area contributed by atoms with Crippen molar-refractivity contribution in [1.82, 2.24) is 5.32 Å². The molecule has 0 heterocycles. The molecule has 0 spiro atoms. The zero-order valence-corrected chi connectivity index (χ0v) is 49.9. The molecule has 0 fully saturated rings. The van der Waals surface area contributed by atoms with Crippen LogP contribution in [0, 0.1) is 0 Å². The maximum Gasteiger partial charge on any atom is 0.305 e. The highest BCUT2D eigenvalue weighted by Crippen LogP contribution is 2.19. The molecule has 0 aromatic heterocycles. The van der Waals surface area contributed by atoms with E-state index in [0.717, 1.165) is 38.5 Å². The van der Waals surface area contributed by atoms with Crippen LogP contribution in [0.2, 0.25) is 0 Å². The molecule has 0 radical (unpaired) electrons. The van der Waals surface area contributed by atoms with Crippen molar-refractivity contribution in [2.75, 3.05) is 13.2 Å². The molecule has 0 saturated heterocycles. The van der Waals surface area contributed by atoms with E-state index in [1.807, 2.05) is 0 Å². The summed E-state index contributed by atoms with van der Waals surface area (Å²) in [6, 6.07) is -0.544. The van der Waals surface area contributed by atoms with E-state index in [9.17, 15) is 19.8 Å². The van der Waals surface area contributed by atoms with Gasteiger partial charge >= 0.3 is 5.97 Å². The molecule has 0 aromatic carbocycles. The highest BCUT2D eigenvalue weighted by Gasteiger charge is 2.20. The minimum atomic E-state index is -0.667. The Hall–Kier alpha value is -1.14. The summed E-state index contributed by atoms with van der Waals surface area (Å²) >= 11 is 0. The van der Waals surface area contributed by atoms with Crippen molar-refractivity contribution in [2.45, 2.75) is 405 Å². The maximum atomic E-state index is 12.5. The first-order chi connectivity index (χ1) is 36.0. The summed E-state index contributed by atoms with van der Waals surface area (Å²) in [6.45, 7) is 4.99. The average Bonchev–Trinajstić information content (AvgIpc) is 3.39. The molecule has 73 heavy (non-hydrogen) atoms. The van der Waals surface area contributed by atoms with E-state index in [1.54, 1.807) is 0 Å². The molecule has 2 atom stereocenters. The average molecular weight is 1030 g/mol. The summed E-state index contributed by atoms with van der Waals surface area (Å²) in [7, 11) is 0. The third kappa shape index (κ3) is 60.0. The summed E-state index contributed by atoms with van der Waals surface area (Å²) in [5.41, 5.74) is 0. The van der Waals surface area contributed by atoms with Gasteiger partial charge in [0.15, 0.2) is 0 Å². The topological polar surface area (TPSA) is 95.9 Å². The predicted molar refractivity (Wildman–Crippen MR) is 320 cm³/mol. The Balaban J connectivity index is 3.38. The fourth-order valence-corrected chi connectivity index (χ4v) is 11.0. The van der Waals surface area contributed by atoms with E-state index < -0.39 is 12.1 Å². The first-order valence-corrected chi connectivity index (χ1v) is 33.8. The van der Waals surface area contributed by atoms with Gasteiger partial charge in [0.2, 0.25) is 5.91 Å². The molecule has 3 N–H and O–H groups in total. The van der Waals surface area contributed by atoms with Crippen LogP contribution in [0.25, 0.3) is 0 Å². The number of carbonyl (C=O) groups is 2. The van der Waals surface area contributed by atoms with Gasteiger partial charge in [-0.25, -0.2) is 0 Å². The molecule has 6 heteroatoms. The minimum absolute atomic E-state index is 0.0129. The van der Waals surface area contributed by atoms with Gasteiger partial charge < -0.3 is 20.3 Å². The van der Waals surface area contributed by atoms with Gasteiger partial charge in [0, 0.05) is 12.8 Å². The van der Waals surface area contributed by atoms with E-state index in [2.05, 4.69) is 19.2 Å². The number of hydrogen-bond donors (Lipinski definition) is 3. The fourth-order valence-electron chi connectivity index (χ4n) is 11.0. The summed E-state index contributed by atoms with van der Waals surface area (Å²) in [5, 5.41) is 23.4. The number of carbonyl (C=O) groups excluding carboxylic acids is 2. The number of rotatable bonds is 64. The lowest BCUT2D eigenvalue weighted by Gasteiger charge is -2.22. The SMILES string of the molecule is CCCCCCCCCCCCCCCCCCCCCCCC(O)C(CO)NC(=O)CCCCCCCCCCCCCCCCCCCCOC(=O)CCCCCCCCCCCCCCCCCCC.